The number of nitrogens with one attached hydrogen (secondary N) is 1. The molecule has 1 N–H and O–H groups in total. The molecule has 1 aromatic rings. The van der Waals surface area contributed by atoms with Crippen molar-refractivity contribution in [3.8, 4) is 11.5 Å². The van der Waals surface area contributed by atoms with Crippen molar-refractivity contribution in [1.82, 2.24) is 10.2 Å². The number of ether oxygens (including phenoxy) is 2. The van der Waals surface area contributed by atoms with E-state index in [0.717, 1.165) is 5.75 Å². The number of carbonyl (C=O) groups is 2. The maximum absolute atomic E-state index is 12.5. The van der Waals surface area contributed by atoms with Crippen LogP contribution in [0.2, 0.25) is 0 Å². The molecule has 2 aliphatic rings. The van der Waals surface area contributed by atoms with E-state index in [0.29, 0.717) is 38.3 Å². The lowest BCUT2D eigenvalue weighted by molar-refractivity contribution is -0.135. The summed E-state index contributed by atoms with van der Waals surface area (Å²) >= 11 is 0. The normalized spacial score (nSPS) is 23.0. The van der Waals surface area contributed by atoms with Gasteiger partial charge in [-0.3, -0.25) is 9.59 Å². The number of hydrogen-bond acceptors (Lipinski definition) is 4. The molecule has 0 saturated carbocycles. The number of nitrogens with zero attached hydrogens (tertiary/aromatic N) is 1. The van der Waals surface area contributed by atoms with Crippen LogP contribution in [0.1, 0.15) is 19.8 Å². The average Bonchev–Trinajstić information content (AvgIpc) is 2.98. The molecule has 0 aliphatic carbocycles. The lowest BCUT2D eigenvalue weighted by Gasteiger charge is -2.32. The molecule has 0 aromatic heterocycles. The zero-order chi connectivity index (χ0) is 15.5. The summed E-state index contributed by atoms with van der Waals surface area (Å²) in [5.74, 6) is 1.34. The van der Waals surface area contributed by atoms with Gasteiger partial charge in [-0.2, -0.15) is 0 Å². The van der Waals surface area contributed by atoms with Gasteiger partial charge >= 0.3 is 0 Å². The van der Waals surface area contributed by atoms with Crippen molar-refractivity contribution in [2.45, 2.75) is 31.9 Å². The first kappa shape index (κ1) is 14.7. The minimum atomic E-state index is -0.399. The Morgan fingerprint density at radius 1 is 1.36 bits per heavy atom. The topological polar surface area (TPSA) is 67.9 Å². The molecule has 2 amide bonds. The van der Waals surface area contributed by atoms with Gasteiger partial charge in [0.05, 0.1) is 6.54 Å². The molecule has 6 heteroatoms. The minimum Gasteiger partial charge on any atom is -0.486 e. The Bertz CT molecular complexity index is 575. The van der Waals surface area contributed by atoms with Crippen LogP contribution in [-0.4, -0.2) is 48.6 Å². The first-order chi connectivity index (χ1) is 10.7. The number of fused-ring (bicyclic) bond motifs is 1. The van der Waals surface area contributed by atoms with Gasteiger partial charge < -0.3 is 19.7 Å². The molecule has 118 valence electrons. The number of amides is 2. The average molecular weight is 304 g/mol. The Hall–Kier alpha value is -2.24. The Morgan fingerprint density at radius 3 is 2.82 bits per heavy atom. The van der Waals surface area contributed by atoms with Gasteiger partial charge in [0, 0.05) is 13.0 Å². The van der Waals surface area contributed by atoms with Crippen molar-refractivity contribution >= 4 is 11.8 Å². The maximum Gasteiger partial charge on any atom is 0.245 e. The first-order valence-corrected chi connectivity index (χ1v) is 7.64. The van der Waals surface area contributed by atoms with E-state index < -0.39 is 6.04 Å². The molecule has 0 bridgehead atoms. The van der Waals surface area contributed by atoms with E-state index in [-0.39, 0.29) is 17.9 Å². The molecule has 22 heavy (non-hydrogen) atoms. The summed E-state index contributed by atoms with van der Waals surface area (Å²) in [6.07, 6.45) is 0.791. The fourth-order valence-corrected chi connectivity index (χ4v) is 2.79. The Kier molecular flexibility index (Phi) is 4.18. The molecule has 1 aromatic carbocycles. The quantitative estimate of drug-likeness (QED) is 0.899. The molecule has 0 radical (unpaired) electrons. The summed E-state index contributed by atoms with van der Waals surface area (Å²) in [5, 5.41) is 2.72. The van der Waals surface area contributed by atoms with E-state index in [1.807, 2.05) is 31.2 Å². The molecule has 1 fully saturated rings. The van der Waals surface area contributed by atoms with Crippen LogP contribution in [0.3, 0.4) is 0 Å². The second kappa shape index (κ2) is 6.25. The van der Waals surface area contributed by atoms with E-state index in [1.165, 1.54) is 0 Å². The second-order valence-corrected chi connectivity index (χ2v) is 5.53. The van der Waals surface area contributed by atoms with E-state index in [4.69, 9.17) is 9.47 Å². The summed E-state index contributed by atoms with van der Waals surface area (Å²) in [6.45, 7) is 3.37. The van der Waals surface area contributed by atoms with Crippen LogP contribution in [0.25, 0.3) is 0 Å². The number of hydrogen-bond donors (Lipinski definition) is 1. The number of para-hydroxylation sites is 2. The van der Waals surface area contributed by atoms with Crippen molar-refractivity contribution in [2.75, 3.05) is 19.7 Å². The van der Waals surface area contributed by atoms with Gasteiger partial charge in [-0.05, 0) is 25.5 Å². The van der Waals surface area contributed by atoms with Gasteiger partial charge in [-0.1, -0.05) is 12.1 Å². The highest BCUT2D eigenvalue weighted by molar-refractivity contribution is 5.90. The van der Waals surface area contributed by atoms with Gasteiger partial charge in [-0.15, -0.1) is 0 Å². The van der Waals surface area contributed by atoms with Crippen LogP contribution in [0.15, 0.2) is 24.3 Å². The minimum absolute atomic E-state index is 0.0455. The van der Waals surface area contributed by atoms with Gasteiger partial charge in [0.25, 0.3) is 0 Å². The summed E-state index contributed by atoms with van der Waals surface area (Å²) in [4.78, 5) is 25.4. The first-order valence-electron chi connectivity index (χ1n) is 7.64. The smallest absolute Gasteiger partial charge is 0.245 e. The SMILES string of the molecule is CCN(CC1COc2ccccc2O1)C(=O)C1CCC(=O)N1. The fourth-order valence-electron chi connectivity index (χ4n) is 2.79. The highest BCUT2D eigenvalue weighted by Crippen LogP contribution is 2.31. The third kappa shape index (κ3) is 3.00. The van der Waals surface area contributed by atoms with Crippen LogP contribution < -0.4 is 14.8 Å². The fraction of sp³-hybridized carbons (Fsp3) is 0.500. The third-order valence-electron chi connectivity index (χ3n) is 3.98. The molecule has 2 unspecified atom stereocenters. The van der Waals surface area contributed by atoms with E-state index in [1.54, 1.807) is 4.90 Å². The molecule has 2 aliphatic heterocycles. The van der Waals surface area contributed by atoms with Crippen molar-refractivity contribution < 1.29 is 19.1 Å². The van der Waals surface area contributed by atoms with Gasteiger partial charge in [0.15, 0.2) is 17.6 Å². The van der Waals surface area contributed by atoms with Crippen LogP contribution in [0.5, 0.6) is 11.5 Å². The van der Waals surface area contributed by atoms with Gasteiger partial charge in [0.1, 0.15) is 12.6 Å². The lowest BCUT2D eigenvalue weighted by Crippen LogP contribution is -2.49. The zero-order valence-corrected chi connectivity index (χ0v) is 12.6. The summed E-state index contributed by atoms with van der Waals surface area (Å²) < 4.78 is 11.6. The third-order valence-corrected chi connectivity index (χ3v) is 3.98. The van der Waals surface area contributed by atoms with Crippen LogP contribution >= 0.6 is 0 Å². The highest BCUT2D eigenvalue weighted by Gasteiger charge is 2.32. The zero-order valence-electron chi connectivity index (χ0n) is 12.6. The Labute approximate surface area is 129 Å². The summed E-state index contributed by atoms with van der Waals surface area (Å²) in [5.41, 5.74) is 0. The van der Waals surface area contributed by atoms with E-state index in [9.17, 15) is 9.59 Å². The molecular weight excluding hydrogens is 284 g/mol. The Balaban J connectivity index is 1.61. The standard InChI is InChI=1S/C16H20N2O4/c1-2-18(16(20)12-7-8-15(19)17-12)9-11-10-21-13-5-3-4-6-14(13)22-11/h3-6,11-12H,2,7-10H2,1H3,(H,17,19). The van der Waals surface area contributed by atoms with Crippen LogP contribution in [-0.2, 0) is 9.59 Å². The highest BCUT2D eigenvalue weighted by atomic mass is 16.6. The van der Waals surface area contributed by atoms with Crippen LogP contribution in [0.4, 0.5) is 0 Å². The van der Waals surface area contributed by atoms with Gasteiger partial charge in [-0.25, -0.2) is 0 Å². The number of likely N-dealkylation sites (N-methyl/N-ethyl adjacent to an activating group) is 1. The number of benzene rings is 1. The number of carbonyl (C=O) groups excluding carboxylic acids is 2. The molecular formula is C16H20N2O4. The summed E-state index contributed by atoms with van der Waals surface area (Å²) in [7, 11) is 0. The molecule has 2 atom stereocenters. The second-order valence-electron chi connectivity index (χ2n) is 5.53. The van der Waals surface area contributed by atoms with E-state index in [2.05, 4.69) is 5.32 Å². The Morgan fingerprint density at radius 2 is 2.14 bits per heavy atom. The van der Waals surface area contributed by atoms with E-state index >= 15 is 0 Å². The number of rotatable bonds is 4. The van der Waals surface area contributed by atoms with Crippen molar-refractivity contribution in [3.05, 3.63) is 24.3 Å². The predicted molar refractivity (Wildman–Crippen MR) is 79.8 cm³/mol. The summed E-state index contributed by atoms with van der Waals surface area (Å²) in [6, 6.07) is 7.11. The van der Waals surface area contributed by atoms with Crippen LogP contribution in [0, 0.1) is 0 Å². The predicted octanol–water partition coefficient (Wildman–Crippen LogP) is 0.953. The molecule has 6 nitrogen and oxygen atoms in total. The van der Waals surface area contributed by atoms with Gasteiger partial charge in [0.2, 0.25) is 11.8 Å². The molecule has 2 heterocycles. The molecule has 3 rings (SSSR count). The molecule has 1 saturated heterocycles. The monoisotopic (exact) mass is 304 g/mol. The van der Waals surface area contributed by atoms with Crippen molar-refractivity contribution in [2.24, 2.45) is 0 Å². The molecule has 0 spiro atoms. The lowest BCUT2D eigenvalue weighted by atomic mass is 10.2. The maximum atomic E-state index is 12.5. The van der Waals surface area contributed by atoms with Crippen molar-refractivity contribution in [3.63, 3.8) is 0 Å². The largest absolute Gasteiger partial charge is 0.486 e. The van der Waals surface area contributed by atoms with Crippen molar-refractivity contribution in [1.29, 1.82) is 0 Å².